The third kappa shape index (κ3) is 4.80. The Bertz CT molecular complexity index is 855. The first-order chi connectivity index (χ1) is 13.8. The number of nitrogens with one attached hydrogen (secondary N) is 1. The number of piperazine rings is 1. The fraction of sp³-hybridized carbons (Fsp3) is 0.348. The van der Waals surface area contributed by atoms with Gasteiger partial charge in [0.1, 0.15) is 18.2 Å². The molecule has 2 heterocycles. The molecule has 0 spiro atoms. The molecule has 0 radical (unpaired) electrons. The molecule has 1 N–H and O–H groups in total. The van der Waals surface area contributed by atoms with Crippen molar-refractivity contribution >= 4 is 0 Å². The van der Waals surface area contributed by atoms with Crippen LogP contribution in [-0.4, -0.2) is 59.1 Å². The third-order valence-corrected chi connectivity index (χ3v) is 5.29. The maximum Gasteiger partial charge on any atom is 0.137 e. The second-order valence-corrected chi connectivity index (χ2v) is 7.30. The van der Waals surface area contributed by atoms with E-state index in [2.05, 4.69) is 33.8 Å². The SMILES string of the molecule is Cc1[nH]c(-c2ccccc2)nc1CN1CCN(CCOc2ccccc2)CC1. The first kappa shape index (κ1) is 18.7. The standard InChI is InChI=1S/C23H28N4O/c1-19-22(25-23(24-19)20-8-4-2-5-9-20)18-27-14-12-26(13-15-27)16-17-28-21-10-6-3-7-11-21/h2-11H,12-18H2,1H3,(H,24,25). The molecule has 1 saturated heterocycles. The van der Waals surface area contributed by atoms with E-state index < -0.39 is 0 Å². The maximum absolute atomic E-state index is 5.82. The first-order valence-electron chi connectivity index (χ1n) is 10.0. The van der Waals surface area contributed by atoms with Gasteiger partial charge in [-0.3, -0.25) is 9.80 Å². The van der Waals surface area contributed by atoms with Crippen LogP contribution >= 0.6 is 0 Å². The van der Waals surface area contributed by atoms with Crippen LogP contribution in [-0.2, 0) is 6.54 Å². The lowest BCUT2D eigenvalue weighted by Gasteiger charge is -2.34. The molecule has 146 valence electrons. The third-order valence-electron chi connectivity index (χ3n) is 5.29. The lowest BCUT2D eigenvalue weighted by atomic mass is 10.2. The van der Waals surface area contributed by atoms with E-state index in [4.69, 9.17) is 9.72 Å². The van der Waals surface area contributed by atoms with E-state index in [1.165, 1.54) is 0 Å². The van der Waals surface area contributed by atoms with Gasteiger partial charge in [0.2, 0.25) is 0 Å². The van der Waals surface area contributed by atoms with E-state index in [0.29, 0.717) is 0 Å². The number of aromatic amines is 1. The van der Waals surface area contributed by atoms with Crippen LogP contribution in [0.2, 0.25) is 0 Å². The summed E-state index contributed by atoms with van der Waals surface area (Å²) >= 11 is 0. The zero-order valence-corrected chi connectivity index (χ0v) is 16.5. The van der Waals surface area contributed by atoms with Gasteiger partial charge in [-0.05, 0) is 19.1 Å². The molecular formula is C23H28N4O. The molecule has 1 fully saturated rings. The Morgan fingerprint density at radius 3 is 2.25 bits per heavy atom. The number of imidazole rings is 1. The fourth-order valence-corrected chi connectivity index (χ4v) is 3.58. The van der Waals surface area contributed by atoms with Gasteiger partial charge in [-0.15, -0.1) is 0 Å². The molecule has 0 saturated carbocycles. The van der Waals surface area contributed by atoms with E-state index in [9.17, 15) is 0 Å². The quantitative estimate of drug-likeness (QED) is 0.685. The van der Waals surface area contributed by atoms with Crippen molar-refractivity contribution in [2.75, 3.05) is 39.3 Å². The molecule has 28 heavy (non-hydrogen) atoms. The molecular weight excluding hydrogens is 348 g/mol. The van der Waals surface area contributed by atoms with Crippen molar-refractivity contribution in [3.8, 4) is 17.1 Å². The van der Waals surface area contributed by atoms with Crippen LogP contribution in [0.4, 0.5) is 0 Å². The Hall–Kier alpha value is -2.63. The average molecular weight is 377 g/mol. The van der Waals surface area contributed by atoms with Crippen LogP contribution in [0.5, 0.6) is 5.75 Å². The van der Waals surface area contributed by atoms with Crippen LogP contribution in [0.1, 0.15) is 11.4 Å². The highest BCUT2D eigenvalue weighted by Gasteiger charge is 2.19. The van der Waals surface area contributed by atoms with Crippen LogP contribution < -0.4 is 4.74 Å². The summed E-state index contributed by atoms with van der Waals surface area (Å²) in [7, 11) is 0. The predicted molar refractivity (Wildman–Crippen MR) is 112 cm³/mol. The molecule has 5 heteroatoms. The van der Waals surface area contributed by atoms with Crippen molar-refractivity contribution in [2.45, 2.75) is 13.5 Å². The highest BCUT2D eigenvalue weighted by atomic mass is 16.5. The van der Waals surface area contributed by atoms with E-state index >= 15 is 0 Å². The Morgan fingerprint density at radius 2 is 1.54 bits per heavy atom. The zero-order valence-electron chi connectivity index (χ0n) is 16.5. The summed E-state index contributed by atoms with van der Waals surface area (Å²) in [5.74, 6) is 1.91. The Morgan fingerprint density at radius 1 is 0.893 bits per heavy atom. The Labute approximate surface area is 167 Å². The molecule has 1 aliphatic heterocycles. The molecule has 2 aromatic carbocycles. The van der Waals surface area contributed by atoms with Gasteiger partial charge in [0.05, 0.1) is 5.69 Å². The molecule has 0 amide bonds. The highest BCUT2D eigenvalue weighted by Crippen LogP contribution is 2.19. The summed E-state index contributed by atoms with van der Waals surface area (Å²) in [5.41, 5.74) is 3.46. The van der Waals surface area contributed by atoms with Gasteiger partial charge in [-0.1, -0.05) is 48.5 Å². The second-order valence-electron chi connectivity index (χ2n) is 7.30. The monoisotopic (exact) mass is 376 g/mol. The number of benzene rings is 2. The molecule has 1 aliphatic rings. The highest BCUT2D eigenvalue weighted by molar-refractivity contribution is 5.55. The number of aryl methyl sites for hydroxylation is 1. The lowest BCUT2D eigenvalue weighted by Crippen LogP contribution is -2.47. The number of nitrogens with zero attached hydrogens (tertiary/aromatic N) is 3. The average Bonchev–Trinajstić information content (AvgIpc) is 3.11. The number of H-pyrrole nitrogens is 1. The van der Waals surface area contributed by atoms with E-state index in [1.807, 2.05) is 48.5 Å². The topological polar surface area (TPSA) is 44.4 Å². The number of hydrogen-bond donors (Lipinski definition) is 1. The van der Waals surface area contributed by atoms with Crippen LogP contribution in [0, 0.1) is 6.92 Å². The Balaban J connectivity index is 1.24. The second kappa shape index (κ2) is 9.04. The van der Waals surface area contributed by atoms with Gasteiger partial charge in [0, 0.05) is 50.5 Å². The first-order valence-corrected chi connectivity index (χ1v) is 10.0. The van der Waals surface area contributed by atoms with Crippen LogP contribution in [0.15, 0.2) is 60.7 Å². The van der Waals surface area contributed by atoms with Crippen molar-refractivity contribution in [1.82, 2.24) is 19.8 Å². The molecule has 5 nitrogen and oxygen atoms in total. The predicted octanol–water partition coefficient (Wildman–Crippen LogP) is 3.58. The summed E-state index contributed by atoms with van der Waals surface area (Å²) < 4.78 is 5.82. The minimum atomic E-state index is 0.739. The minimum absolute atomic E-state index is 0.739. The maximum atomic E-state index is 5.82. The number of rotatable bonds is 7. The molecule has 0 aliphatic carbocycles. The van der Waals surface area contributed by atoms with Crippen molar-refractivity contribution in [2.24, 2.45) is 0 Å². The van der Waals surface area contributed by atoms with Gasteiger partial charge in [0.15, 0.2) is 0 Å². The summed E-state index contributed by atoms with van der Waals surface area (Å²) in [4.78, 5) is 13.3. The molecule has 4 rings (SSSR count). The normalized spacial score (nSPS) is 15.6. The largest absolute Gasteiger partial charge is 0.492 e. The van der Waals surface area contributed by atoms with Crippen LogP contribution in [0.25, 0.3) is 11.4 Å². The fourth-order valence-electron chi connectivity index (χ4n) is 3.58. The van der Waals surface area contributed by atoms with Crippen molar-refractivity contribution < 1.29 is 4.74 Å². The van der Waals surface area contributed by atoms with Gasteiger partial charge < -0.3 is 9.72 Å². The summed E-state index contributed by atoms with van der Waals surface area (Å²) in [6, 6.07) is 20.4. The van der Waals surface area contributed by atoms with E-state index in [1.54, 1.807) is 0 Å². The number of ether oxygens (including phenoxy) is 1. The summed E-state index contributed by atoms with van der Waals surface area (Å²) in [5, 5.41) is 0. The van der Waals surface area contributed by atoms with Crippen molar-refractivity contribution in [3.63, 3.8) is 0 Å². The van der Waals surface area contributed by atoms with Crippen LogP contribution in [0.3, 0.4) is 0 Å². The molecule has 0 bridgehead atoms. The molecule has 3 aromatic rings. The van der Waals surface area contributed by atoms with E-state index in [0.717, 1.165) is 74.4 Å². The molecule has 0 atom stereocenters. The van der Waals surface area contributed by atoms with Gasteiger partial charge in [-0.2, -0.15) is 0 Å². The zero-order chi connectivity index (χ0) is 19.2. The van der Waals surface area contributed by atoms with Crippen molar-refractivity contribution in [1.29, 1.82) is 0 Å². The smallest absolute Gasteiger partial charge is 0.137 e. The van der Waals surface area contributed by atoms with E-state index in [-0.39, 0.29) is 0 Å². The van der Waals surface area contributed by atoms with Gasteiger partial charge >= 0.3 is 0 Å². The minimum Gasteiger partial charge on any atom is -0.492 e. The van der Waals surface area contributed by atoms with Gasteiger partial charge in [0.25, 0.3) is 0 Å². The molecule has 0 unspecified atom stereocenters. The Kier molecular flexibility index (Phi) is 6.04. The van der Waals surface area contributed by atoms with Crippen molar-refractivity contribution in [3.05, 3.63) is 72.1 Å². The van der Waals surface area contributed by atoms with Gasteiger partial charge in [-0.25, -0.2) is 4.98 Å². The number of aromatic nitrogens is 2. The number of hydrogen-bond acceptors (Lipinski definition) is 4. The molecule has 1 aromatic heterocycles. The lowest BCUT2D eigenvalue weighted by molar-refractivity contribution is 0.111. The number of para-hydroxylation sites is 1. The summed E-state index contributed by atoms with van der Waals surface area (Å²) in [6.07, 6.45) is 0. The summed E-state index contributed by atoms with van der Waals surface area (Å²) in [6.45, 7) is 9.03.